The molecule has 0 aromatic carbocycles. The summed E-state index contributed by atoms with van der Waals surface area (Å²) in [6, 6.07) is 0.542. The highest BCUT2D eigenvalue weighted by Gasteiger charge is 2.34. The van der Waals surface area contributed by atoms with Crippen LogP contribution in [0.15, 0.2) is 4.99 Å². The van der Waals surface area contributed by atoms with E-state index in [1.54, 1.807) is 0 Å². The number of thiocarbonyl (C=S) groups is 1. The second-order valence-electron chi connectivity index (χ2n) is 3.80. The fourth-order valence-electron chi connectivity index (χ4n) is 2.57. The monoisotopic (exact) mass is 167 g/mol. The summed E-state index contributed by atoms with van der Waals surface area (Å²) in [4.78, 5) is 4.23. The maximum absolute atomic E-state index is 4.63. The van der Waals surface area contributed by atoms with Crippen LogP contribution >= 0.6 is 12.2 Å². The summed E-state index contributed by atoms with van der Waals surface area (Å²) in [5, 5.41) is 2.53. The summed E-state index contributed by atoms with van der Waals surface area (Å²) in [6.45, 7) is 0. The van der Waals surface area contributed by atoms with Crippen molar-refractivity contribution < 1.29 is 0 Å². The first-order valence-electron chi connectivity index (χ1n) is 4.47. The first-order valence-corrected chi connectivity index (χ1v) is 4.88. The molecule has 60 valence electrons. The molecule has 0 amide bonds. The van der Waals surface area contributed by atoms with Crippen LogP contribution in [0.1, 0.15) is 32.1 Å². The highest BCUT2D eigenvalue weighted by Crippen LogP contribution is 2.42. The molecule has 3 rings (SSSR count). The molecule has 0 aromatic rings. The van der Waals surface area contributed by atoms with Gasteiger partial charge in [0, 0.05) is 0 Å². The Bertz CT molecular complexity index is 188. The Morgan fingerprint density at radius 1 is 1.18 bits per heavy atom. The van der Waals surface area contributed by atoms with Crippen molar-refractivity contribution in [2.24, 2.45) is 16.8 Å². The Morgan fingerprint density at radius 3 is 2.36 bits per heavy atom. The molecule has 1 unspecified atom stereocenters. The van der Waals surface area contributed by atoms with Gasteiger partial charge in [0.1, 0.15) is 0 Å². The minimum Gasteiger partial charge on any atom is -0.229 e. The molecular weight excluding hydrogens is 154 g/mol. The van der Waals surface area contributed by atoms with E-state index in [-0.39, 0.29) is 0 Å². The average molecular weight is 167 g/mol. The van der Waals surface area contributed by atoms with Crippen LogP contribution < -0.4 is 0 Å². The molecule has 3 saturated carbocycles. The zero-order valence-electron chi connectivity index (χ0n) is 6.62. The SMILES string of the molecule is S=C=NC1CC2CCC1CC2. The number of nitrogens with zero attached hydrogens (tertiary/aromatic N) is 1. The fraction of sp³-hybridized carbons (Fsp3) is 0.889. The van der Waals surface area contributed by atoms with E-state index in [1.165, 1.54) is 32.1 Å². The van der Waals surface area contributed by atoms with E-state index >= 15 is 0 Å². The number of hydrogen-bond donors (Lipinski definition) is 0. The van der Waals surface area contributed by atoms with Gasteiger partial charge in [0.25, 0.3) is 0 Å². The third-order valence-electron chi connectivity index (χ3n) is 3.23. The van der Waals surface area contributed by atoms with E-state index in [0.717, 1.165) is 11.8 Å². The molecule has 3 fully saturated rings. The molecule has 0 heterocycles. The lowest BCUT2D eigenvalue weighted by atomic mass is 9.68. The smallest absolute Gasteiger partial charge is 0.0633 e. The largest absolute Gasteiger partial charge is 0.229 e. The van der Waals surface area contributed by atoms with Gasteiger partial charge in [-0.1, -0.05) is 12.8 Å². The Hall–Kier alpha value is -0.200. The molecule has 0 spiro atoms. The van der Waals surface area contributed by atoms with E-state index in [1.807, 2.05) is 0 Å². The second kappa shape index (κ2) is 3.04. The first-order chi connectivity index (χ1) is 5.40. The predicted molar refractivity (Wildman–Crippen MR) is 48.9 cm³/mol. The van der Waals surface area contributed by atoms with Crippen molar-refractivity contribution in [1.82, 2.24) is 0 Å². The number of isothiocyanates is 1. The third kappa shape index (κ3) is 1.38. The predicted octanol–water partition coefficient (Wildman–Crippen LogP) is 2.67. The van der Waals surface area contributed by atoms with Crippen LogP contribution in [0.25, 0.3) is 0 Å². The van der Waals surface area contributed by atoms with Gasteiger partial charge in [-0.2, -0.15) is 0 Å². The average Bonchev–Trinajstić information content (AvgIpc) is 2.07. The number of rotatable bonds is 1. The van der Waals surface area contributed by atoms with Crippen molar-refractivity contribution in [2.75, 3.05) is 0 Å². The van der Waals surface area contributed by atoms with E-state index < -0.39 is 0 Å². The summed E-state index contributed by atoms with van der Waals surface area (Å²) < 4.78 is 0. The third-order valence-corrected chi connectivity index (χ3v) is 3.33. The Balaban J connectivity index is 2.08. The molecule has 2 bridgehead atoms. The minimum absolute atomic E-state index is 0.542. The number of hydrogen-bond acceptors (Lipinski definition) is 2. The molecule has 1 nitrogen and oxygen atoms in total. The number of aliphatic imine (C=N–C) groups is 1. The quantitative estimate of drug-likeness (QED) is 0.432. The van der Waals surface area contributed by atoms with Gasteiger partial charge >= 0.3 is 0 Å². The highest BCUT2D eigenvalue weighted by atomic mass is 32.1. The molecular formula is C9H13NS. The molecule has 1 atom stereocenters. The molecule has 2 heteroatoms. The van der Waals surface area contributed by atoms with Crippen LogP contribution in [0.2, 0.25) is 0 Å². The summed E-state index contributed by atoms with van der Waals surface area (Å²) in [6.07, 6.45) is 6.93. The van der Waals surface area contributed by atoms with E-state index in [4.69, 9.17) is 0 Å². The van der Waals surface area contributed by atoms with Crippen molar-refractivity contribution in [3.8, 4) is 0 Å². The van der Waals surface area contributed by atoms with E-state index in [0.29, 0.717) is 6.04 Å². The van der Waals surface area contributed by atoms with Crippen LogP contribution in [-0.2, 0) is 0 Å². The van der Waals surface area contributed by atoms with E-state index in [9.17, 15) is 0 Å². The van der Waals surface area contributed by atoms with Crippen molar-refractivity contribution in [3.05, 3.63) is 0 Å². The van der Waals surface area contributed by atoms with Gasteiger partial charge in [0.2, 0.25) is 0 Å². The summed E-state index contributed by atoms with van der Waals surface area (Å²) >= 11 is 4.63. The van der Waals surface area contributed by atoms with Crippen molar-refractivity contribution >= 4 is 17.4 Å². The van der Waals surface area contributed by atoms with Gasteiger partial charge in [-0.3, -0.25) is 0 Å². The molecule has 0 N–H and O–H groups in total. The molecule has 11 heavy (non-hydrogen) atoms. The zero-order chi connectivity index (χ0) is 7.68. The molecule has 3 aliphatic rings. The lowest BCUT2D eigenvalue weighted by Crippen LogP contribution is -2.33. The molecule has 0 saturated heterocycles. The normalized spacial score (nSPS) is 41.6. The maximum atomic E-state index is 4.63. The van der Waals surface area contributed by atoms with Gasteiger partial charge in [-0.15, -0.1) is 0 Å². The second-order valence-corrected chi connectivity index (χ2v) is 3.99. The van der Waals surface area contributed by atoms with Crippen molar-refractivity contribution in [1.29, 1.82) is 0 Å². The zero-order valence-corrected chi connectivity index (χ0v) is 7.44. The molecule has 0 radical (unpaired) electrons. The first kappa shape index (κ1) is 7.45. The number of fused-ring (bicyclic) bond motifs is 3. The van der Waals surface area contributed by atoms with Crippen LogP contribution in [-0.4, -0.2) is 11.2 Å². The topological polar surface area (TPSA) is 12.4 Å². The van der Waals surface area contributed by atoms with Gasteiger partial charge in [0.15, 0.2) is 0 Å². The van der Waals surface area contributed by atoms with Crippen molar-refractivity contribution in [3.63, 3.8) is 0 Å². The van der Waals surface area contributed by atoms with E-state index in [2.05, 4.69) is 22.4 Å². The van der Waals surface area contributed by atoms with Gasteiger partial charge in [0.05, 0.1) is 11.2 Å². The van der Waals surface area contributed by atoms with Crippen molar-refractivity contribution in [2.45, 2.75) is 38.1 Å². The Kier molecular flexibility index (Phi) is 2.06. The lowest BCUT2D eigenvalue weighted by molar-refractivity contribution is 0.149. The Labute approximate surface area is 72.9 Å². The standard InChI is InChI=1S/C9H13NS/c11-6-10-9-5-7-1-3-8(9)4-2-7/h7-9H,1-5H2. The van der Waals surface area contributed by atoms with Crippen LogP contribution in [0, 0.1) is 11.8 Å². The summed E-state index contributed by atoms with van der Waals surface area (Å²) in [5.41, 5.74) is 0. The molecule has 3 aliphatic carbocycles. The highest BCUT2D eigenvalue weighted by molar-refractivity contribution is 7.78. The Morgan fingerprint density at radius 2 is 1.91 bits per heavy atom. The van der Waals surface area contributed by atoms with Gasteiger partial charge < -0.3 is 0 Å². The van der Waals surface area contributed by atoms with Crippen LogP contribution in [0.3, 0.4) is 0 Å². The van der Waals surface area contributed by atoms with Crippen LogP contribution in [0.4, 0.5) is 0 Å². The van der Waals surface area contributed by atoms with Gasteiger partial charge in [-0.05, 0) is 43.3 Å². The summed E-state index contributed by atoms with van der Waals surface area (Å²) in [7, 11) is 0. The fourth-order valence-corrected chi connectivity index (χ4v) is 2.70. The minimum atomic E-state index is 0.542. The lowest BCUT2D eigenvalue weighted by Gasteiger charge is -2.39. The summed E-state index contributed by atoms with van der Waals surface area (Å²) in [5.74, 6) is 1.80. The van der Waals surface area contributed by atoms with Crippen LogP contribution in [0.5, 0.6) is 0 Å². The maximum Gasteiger partial charge on any atom is 0.0633 e. The van der Waals surface area contributed by atoms with Gasteiger partial charge in [-0.25, -0.2) is 4.99 Å². The molecule has 0 aliphatic heterocycles. The molecule has 0 aromatic heterocycles.